The van der Waals surface area contributed by atoms with E-state index in [2.05, 4.69) is 9.82 Å². The third-order valence-electron chi connectivity index (χ3n) is 3.07. The Morgan fingerprint density at radius 1 is 1.36 bits per heavy atom. The Balaban J connectivity index is 0.00000242. The lowest BCUT2D eigenvalue weighted by molar-refractivity contribution is 0.563. The van der Waals surface area contributed by atoms with Crippen LogP contribution in [0, 0.1) is 0 Å². The van der Waals surface area contributed by atoms with E-state index < -0.39 is 10.0 Å². The zero-order valence-corrected chi connectivity index (χ0v) is 14.5. The number of rotatable bonds is 5. The molecule has 0 aliphatic rings. The van der Waals surface area contributed by atoms with Crippen molar-refractivity contribution in [2.45, 2.75) is 24.5 Å². The standard InChI is InChI=1S/C13H17ClN4O2S.ClH/c1-9(15)11-5-3-10(4-6-11)7-17-21(19,20)13-12(14)8-16-18(13)2;/h3-6,8-9,17H,7,15H2,1-2H3;1H. The number of hydrogen-bond donors (Lipinski definition) is 2. The van der Waals surface area contributed by atoms with Crippen LogP contribution in [0.3, 0.4) is 0 Å². The molecule has 22 heavy (non-hydrogen) atoms. The van der Waals surface area contributed by atoms with Gasteiger partial charge in [0.05, 0.1) is 11.2 Å². The monoisotopic (exact) mass is 364 g/mol. The van der Waals surface area contributed by atoms with E-state index in [0.29, 0.717) is 0 Å². The topological polar surface area (TPSA) is 90.0 Å². The maximum absolute atomic E-state index is 12.2. The maximum atomic E-state index is 12.2. The molecule has 1 heterocycles. The zero-order valence-electron chi connectivity index (χ0n) is 12.2. The molecule has 1 aromatic heterocycles. The largest absolute Gasteiger partial charge is 0.324 e. The van der Waals surface area contributed by atoms with Crippen LogP contribution >= 0.6 is 24.0 Å². The van der Waals surface area contributed by atoms with Crippen LogP contribution in [0.25, 0.3) is 0 Å². The van der Waals surface area contributed by atoms with Gasteiger partial charge in [0.15, 0.2) is 5.03 Å². The van der Waals surface area contributed by atoms with Gasteiger partial charge >= 0.3 is 0 Å². The van der Waals surface area contributed by atoms with E-state index in [-0.39, 0.29) is 35.0 Å². The third kappa shape index (κ3) is 4.21. The van der Waals surface area contributed by atoms with Gasteiger partial charge in [-0.05, 0) is 18.1 Å². The van der Waals surface area contributed by atoms with E-state index in [1.165, 1.54) is 17.9 Å². The van der Waals surface area contributed by atoms with Crippen LogP contribution in [-0.4, -0.2) is 18.2 Å². The molecule has 0 radical (unpaired) electrons. The average molecular weight is 365 g/mol. The van der Waals surface area contributed by atoms with Crippen molar-refractivity contribution in [3.8, 4) is 0 Å². The van der Waals surface area contributed by atoms with E-state index >= 15 is 0 Å². The number of nitrogens with two attached hydrogens (primary N) is 1. The first-order valence-electron chi connectivity index (χ1n) is 6.33. The summed E-state index contributed by atoms with van der Waals surface area (Å²) >= 11 is 5.85. The number of halogens is 2. The minimum Gasteiger partial charge on any atom is -0.324 e. The van der Waals surface area contributed by atoms with Crippen molar-refractivity contribution < 1.29 is 8.42 Å². The molecule has 2 rings (SSSR count). The Bertz CT molecular complexity index is 707. The molecule has 1 unspecified atom stereocenters. The summed E-state index contributed by atoms with van der Waals surface area (Å²) in [5.41, 5.74) is 7.60. The summed E-state index contributed by atoms with van der Waals surface area (Å²) in [7, 11) is -2.18. The molecule has 1 aromatic carbocycles. The second-order valence-corrected chi connectivity index (χ2v) is 6.87. The lowest BCUT2D eigenvalue weighted by Crippen LogP contribution is -2.25. The van der Waals surface area contributed by atoms with E-state index in [1.807, 2.05) is 31.2 Å². The lowest BCUT2D eigenvalue weighted by atomic mass is 10.1. The number of benzene rings is 1. The van der Waals surface area contributed by atoms with Crippen molar-refractivity contribution in [2.75, 3.05) is 0 Å². The number of nitrogens with zero attached hydrogens (tertiary/aromatic N) is 2. The number of nitrogens with one attached hydrogen (secondary N) is 1. The Kier molecular flexibility index (Phi) is 6.39. The van der Waals surface area contributed by atoms with Gasteiger partial charge in [-0.3, -0.25) is 4.68 Å². The van der Waals surface area contributed by atoms with Crippen molar-refractivity contribution in [1.29, 1.82) is 0 Å². The van der Waals surface area contributed by atoms with Gasteiger partial charge in [-0.2, -0.15) is 5.10 Å². The van der Waals surface area contributed by atoms with Gasteiger partial charge in [0, 0.05) is 19.6 Å². The molecule has 0 spiro atoms. The van der Waals surface area contributed by atoms with Gasteiger partial charge in [0.25, 0.3) is 10.0 Å². The highest BCUT2D eigenvalue weighted by atomic mass is 35.5. The first kappa shape index (κ1) is 18.9. The van der Waals surface area contributed by atoms with Gasteiger partial charge < -0.3 is 5.73 Å². The summed E-state index contributed by atoms with van der Waals surface area (Å²) < 4.78 is 28.1. The van der Waals surface area contributed by atoms with Crippen molar-refractivity contribution in [3.05, 3.63) is 46.6 Å². The summed E-state index contributed by atoms with van der Waals surface area (Å²) in [5, 5.41) is 3.87. The Labute approximate surface area is 141 Å². The molecule has 0 aliphatic heterocycles. The molecule has 0 saturated heterocycles. The Hall–Kier alpha value is -1.12. The molecule has 0 saturated carbocycles. The van der Waals surface area contributed by atoms with Gasteiger partial charge in [-0.25, -0.2) is 13.1 Å². The summed E-state index contributed by atoms with van der Waals surface area (Å²) in [4.78, 5) is 0. The van der Waals surface area contributed by atoms with Crippen LogP contribution in [0.1, 0.15) is 24.1 Å². The Morgan fingerprint density at radius 2 is 1.95 bits per heavy atom. The first-order chi connectivity index (χ1) is 9.81. The third-order valence-corrected chi connectivity index (χ3v) is 4.98. The second kappa shape index (κ2) is 7.43. The predicted molar refractivity (Wildman–Crippen MR) is 88.5 cm³/mol. The number of hydrogen-bond acceptors (Lipinski definition) is 4. The Morgan fingerprint density at radius 3 is 2.41 bits per heavy atom. The van der Waals surface area contributed by atoms with Gasteiger partial charge in [-0.1, -0.05) is 35.9 Å². The van der Waals surface area contributed by atoms with Crippen LogP contribution in [0.4, 0.5) is 0 Å². The van der Waals surface area contributed by atoms with Crippen LogP contribution in [0.15, 0.2) is 35.5 Å². The number of aromatic nitrogens is 2. The van der Waals surface area contributed by atoms with Crippen LogP contribution in [0.2, 0.25) is 5.02 Å². The van der Waals surface area contributed by atoms with Crippen LogP contribution in [-0.2, 0) is 23.6 Å². The average Bonchev–Trinajstić information content (AvgIpc) is 2.77. The van der Waals surface area contributed by atoms with Gasteiger partial charge in [-0.15, -0.1) is 12.4 Å². The molecule has 0 amide bonds. The number of sulfonamides is 1. The fourth-order valence-electron chi connectivity index (χ4n) is 1.89. The highest BCUT2D eigenvalue weighted by Crippen LogP contribution is 2.20. The summed E-state index contributed by atoms with van der Waals surface area (Å²) in [5.74, 6) is 0. The van der Waals surface area contributed by atoms with Crippen molar-refractivity contribution >= 4 is 34.0 Å². The van der Waals surface area contributed by atoms with E-state index in [9.17, 15) is 8.42 Å². The highest BCUT2D eigenvalue weighted by molar-refractivity contribution is 7.89. The van der Waals surface area contributed by atoms with E-state index in [4.69, 9.17) is 17.3 Å². The quantitative estimate of drug-likeness (QED) is 0.848. The molecule has 9 heteroatoms. The van der Waals surface area contributed by atoms with Crippen LogP contribution in [0.5, 0.6) is 0 Å². The van der Waals surface area contributed by atoms with Crippen molar-refractivity contribution in [3.63, 3.8) is 0 Å². The number of aryl methyl sites for hydroxylation is 1. The van der Waals surface area contributed by atoms with Gasteiger partial charge in [0.1, 0.15) is 0 Å². The summed E-state index contributed by atoms with van der Waals surface area (Å²) in [6, 6.07) is 7.39. The second-order valence-electron chi connectivity index (χ2n) is 4.78. The normalized spacial score (nSPS) is 12.7. The van der Waals surface area contributed by atoms with E-state index in [0.717, 1.165) is 11.1 Å². The first-order valence-corrected chi connectivity index (χ1v) is 8.19. The minimum atomic E-state index is -3.71. The molecule has 0 fully saturated rings. The SMILES string of the molecule is CC(N)c1ccc(CNS(=O)(=O)c2c(Cl)cnn2C)cc1.Cl. The fraction of sp³-hybridized carbons (Fsp3) is 0.308. The molecule has 3 N–H and O–H groups in total. The molecular weight excluding hydrogens is 347 g/mol. The summed E-state index contributed by atoms with van der Waals surface area (Å²) in [6.45, 7) is 2.06. The zero-order chi connectivity index (χ0) is 15.6. The highest BCUT2D eigenvalue weighted by Gasteiger charge is 2.22. The fourth-order valence-corrected chi connectivity index (χ4v) is 3.56. The smallest absolute Gasteiger partial charge is 0.259 e. The minimum absolute atomic E-state index is 0. The lowest BCUT2D eigenvalue weighted by Gasteiger charge is -2.09. The maximum Gasteiger partial charge on any atom is 0.259 e. The molecule has 1 atom stereocenters. The predicted octanol–water partition coefficient (Wildman–Crippen LogP) is 1.99. The van der Waals surface area contributed by atoms with Crippen molar-refractivity contribution in [1.82, 2.24) is 14.5 Å². The van der Waals surface area contributed by atoms with Crippen molar-refractivity contribution in [2.24, 2.45) is 12.8 Å². The molecule has 2 aromatic rings. The van der Waals surface area contributed by atoms with Crippen LogP contribution < -0.4 is 10.5 Å². The molecule has 122 valence electrons. The van der Waals surface area contributed by atoms with Gasteiger partial charge in [0.2, 0.25) is 0 Å². The molecule has 6 nitrogen and oxygen atoms in total. The van der Waals surface area contributed by atoms with E-state index in [1.54, 1.807) is 0 Å². The molecule has 0 aliphatic carbocycles. The summed E-state index contributed by atoms with van der Waals surface area (Å²) in [6.07, 6.45) is 1.30. The molecule has 0 bridgehead atoms. The molecular formula is C13H18Cl2N4O2S.